The van der Waals surface area contributed by atoms with Crippen LogP contribution in [0.2, 0.25) is 0 Å². The zero-order valence-corrected chi connectivity index (χ0v) is 13.7. The molecule has 0 unspecified atom stereocenters. The minimum Gasteiger partial charge on any atom is -0.496 e. The Hall–Kier alpha value is -2.54. The summed E-state index contributed by atoms with van der Waals surface area (Å²) >= 11 is 0. The van der Waals surface area contributed by atoms with Gasteiger partial charge in [0.1, 0.15) is 5.75 Å². The molecule has 4 nitrogen and oxygen atoms in total. The lowest BCUT2D eigenvalue weighted by atomic mass is 10.00. The first-order valence-electron chi connectivity index (χ1n) is 7.70. The number of benzene rings is 2. The Morgan fingerprint density at radius 1 is 1.16 bits per heavy atom. The van der Waals surface area contributed by atoms with Crippen LogP contribution in [0.4, 0.5) is 13.2 Å². The molecule has 0 aliphatic heterocycles. The van der Waals surface area contributed by atoms with Crippen molar-refractivity contribution in [2.45, 2.75) is 12.6 Å². The van der Waals surface area contributed by atoms with Crippen molar-refractivity contribution in [3.8, 4) is 16.9 Å². The van der Waals surface area contributed by atoms with Crippen molar-refractivity contribution in [1.29, 1.82) is 0 Å². The van der Waals surface area contributed by atoms with E-state index in [9.17, 15) is 18.0 Å². The zero-order valence-electron chi connectivity index (χ0n) is 13.7. The summed E-state index contributed by atoms with van der Waals surface area (Å²) in [6.07, 6.45) is -3.88. The van der Waals surface area contributed by atoms with E-state index in [0.29, 0.717) is 36.2 Å². The van der Waals surface area contributed by atoms with Crippen molar-refractivity contribution in [1.82, 2.24) is 5.32 Å². The van der Waals surface area contributed by atoms with Crippen LogP contribution in [0, 0.1) is 0 Å². The number of nitrogens with one attached hydrogen (secondary N) is 1. The summed E-state index contributed by atoms with van der Waals surface area (Å²) in [5, 5.41) is 2.71. The molecule has 0 aromatic heterocycles. The Balaban J connectivity index is 2.33. The fourth-order valence-corrected chi connectivity index (χ4v) is 2.36. The van der Waals surface area contributed by atoms with Gasteiger partial charge in [-0.25, -0.2) is 0 Å². The zero-order chi connectivity index (χ0) is 18.4. The van der Waals surface area contributed by atoms with Crippen molar-refractivity contribution < 1.29 is 22.7 Å². The Morgan fingerprint density at radius 2 is 1.88 bits per heavy atom. The van der Waals surface area contributed by atoms with Crippen LogP contribution in [-0.4, -0.2) is 26.1 Å². The first-order valence-corrected chi connectivity index (χ1v) is 7.70. The second-order valence-electron chi connectivity index (χ2n) is 5.39. The van der Waals surface area contributed by atoms with Crippen LogP contribution in [0.3, 0.4) is 0 Å². The second-order valence-corrected chi connectivity index (χ2v) is 5.39. The summed E-state index contributed by atoms with van der Waals surface area (Å²) in [6.45, 7) is 0.909. The first kappa shape index (κ1) is 18.8. The molecule has 134 valence electrons. The molecule has 2 aromatic carbocycles. The van der Waals surface area contributed by atoms with Gasteiger partial charge in [-0.1, -0.05) is 18.2 Å². The van der Waals surface area contributed by atoms with Crippen molar-refractivity contribution >= 4 is 5.91 Å². The van der Waals surface area contributed by atoms with Gasteiger partial charge < -0.3 is 15.8 Å². The minimum atomic E-state index is -4.53. The molecule has 0 radical (unpaired) electrons. The highest BCUT2D eigenvalue weighted by atomic mass is 19.4. The molecule has 0 aliphatic carbocycles. The number of methoxy groups -OCH3 is 1. The van der Waals surface area contributed by atoms with E-state index in [-0.39, 0.29) is 11.7 Å². The molecule has 3 N–H and O–H groups in total. The number of rotatable bonds is 6. The van der Waals surface area contributed by atoms with Gasteiger partial charge in [-0.15, -0.1) is 0 Å². The van der Waals surface area contributed by atoms with Gasteiger partial charge in [0, 0.05) is 12.1 Å². The quantitative estimate of drug-likeness (QED) is 0.783. The molecule has 0 spiro atoms. The van der Waals surface area contributed by atoms with Crippen LogP contribution in [-0.2, 0) is 6.18 Å². The number of carbonyl (C=O) groups excluding carboxylic acids is 1. The van der Waals surface area contributed by atoms with Gasteiger partial charge in [0.05, 0.1) is 12.7 Å². The highest BCUT2D eigenvalue weighted by Gasteiger charge is 2.34. The number of alkyl halides is 3. The van der Waals surface area contributed by atoms with Crippen molar-refractivity contribution in [3.05, 3.63) is 53.6 Å². The number of halogens is 3. The maximum absolute atomic E-state index is 13.2. The van der Waals surface area contributed by atoms with Gasteiger partial charge in [-0.3, -0.25) is 4.79 Å². The summed E-state index contributed by atoms with van der Waals surface area (Å²) in [6, 6.07) is 10.3. The van der Waals surface area contributed by atoms with E-state index in [4.69, 9.17) is 10.5 Å². The Morgan fingerprint density at radius 3 is 2.52 bits per heavy atom. The molecule has 0 saturated carbocycles. The number of nitrogens with two attached hydrogens (primary N) is 1. The van der Waals surface area contributed by atoms with Gasteiger partial charge in [0.15, 0.2) is 0 Å². The molecule has 1 amide bonds. The molecule has 0 aliphatic rings. The third-order valence-corrected chi connectivity index (χ3v) is 3.63. The monoisotopic (exact) mass is 352 g/mol. The lowest BCUT2D eigenvalue weighted by Crippen LogP contribution is -2.25. The molecular weight excluding hydrogens is 333 g/mol. The maximum Gasteiger partial charge on any atom is 0.419 e. The van der Waals surface area contributed by atoms with Gasteiger partial charge in [-0.2, -0.15) is 13.2 Å². The number of amides is 1. The van der Waals surface area contributed by atoms with Gasteiger partial charge in [0.25, 0.3) is 5.91 Å². The van der Waals surface area contributed by atoms with Crippen LogP contribution < -0.4 is 15.8 Å². The maximum atomic E-state index is 13.2. The summed E-state index contributed by atoms with van der Waals surface area (Å²) in [5.74, 6) is -0.535. The van der Waals surface area contributed by atoms with E-state index in [0.717, 1.165) is 6.07 Å². The standard InChI is InChI=1S/C18H19F3N2O2/c1-25-16-7-6-13(11-15(16)18(19,20)21)12-4-2-5-14(10-12)17(24)23-9-3-8-22/h2,4-7,10-11H,3,8-9,22H2,1H3,(H,23,24). The number of hydrogen-bond donors (Lipinski definition) is 2. The Bertz CT molecular complexity index is 745. The summed E-state index contributed by atoms with van der Waals surface area (Å²) in [4.78, 5) is 12.1. The minimum absolute atomic E-state index is 0.244. The normalized spacial score (nSPS) is 11.2. The van der Waals surface area contributed by atoms with Gasteiger partial charge in [-0.05, 0) is 48.4 Å². The lowest BCUT2D eigenvalue weighted by Gasteiger charge is -2.14. The predicted octanol–water partition coefficient (Wildman–Crippen LogP) is 3.46. The van der Waals surface area contributed by atoms with Crippen LogP contribution in [0.25, 0.3) is 11.1 Å². The van der Waals surface area contributed by atoms with E-state index >= 15 is 0 Å². The Kier molecular flexibility index (Phi) is 6.03. The molecule has 7 heteroatoms. The molecular formula is C18H19F3N2O2. The van der Waals surface area contributed by atoms with Crippen molar-refractivity contribution in [3.63, 3.8) is 0 Å². The van der Waals surface area contributed by atoms with Crippen LogP contribution >= 0.6 is 0 Å². The summed E-state index contributed by atoms with van der Waals surface area (Å²) in [7, 11) is 1.19. The summed E-state index contributed by atoms with van der Waals surface area (Å²) in [5.41, 5.74) is 5.76. The lowest BCUT2D eigenvalue weighted by molar-refractivity contribution is -0.138. The average Bonchev–Trinajstić information content (AvgIpc) is 2.60. The molecule has 25 heavy (non-hydrogen) atoms. The number of hydrogen-bond acceptors (Lipinski definition) is 3. The smallest absolute Gasteiger partial charge is 0.419 e. The van der Waals surface area contributed by atoms with E-state index in [2.05, 4.69) is 5.32 Å². The highest BCUT2D eigenvalue weighted by Crippen LogP contribution is 2.38. The van der Waals surface area contributed by atoms with E-state index in [1.54, 1.807) is 24.3 Å². The predicted molar refractivity (Wildman–Crippen MR) is 89.4 cm³/mol. The topological polar surface area (TPSA) is 64.3 Å². The van der Waals surface area contributed by atoms with E-state index < -0.39 is 11.7 Å². The van der Waals surface area contributed by atoms with Crippen molar-refractivity contribution in [2.24, 2.45) is 5.73 Å². The van der Waals surface area contributed by atoms with Crippen molar-refractivity contribution in [2.75, 3.05) is 20.2 Å². The fourth-order valence-electron chi connectivity index (χ4n) is 2.36. The highest BCUT2D eigenvalue weighted by molar-refractivity contribution is 5.95. The third-order valence-electron chi connectivity index (χ3n) is 3.63. The molecule has 2 rings (SSSR count). The molecule has 2 aromatic rings. The van der Waals surface area contributed by atoms with Crippen LogP contribution in [0.15, 0.2) is 42.5 Å². The van der Waals surface area contributed by atoms with E-state index in [1.165, 1.54) is 19.2 Å². The average molecular weight is 352 g/mol. The van der Waals surface area contributed by atoms with Crippen LogP contribution in [0.5, 0.6) is 5.75 Å². The van der Waals surface area contributed by atoms with E-state index in [1.807, 2.05) is 0 Å². The van der Waals surface area contributed by atoms with Gasteiger partial charge in [0.2, 0.25) is 0 Å². The van der Waals surface area contributed by atoms with Crippen LogP contribution in [0.1, 0.15) is 22.3 Å². The third kappa shape index (κ3) is 4.73. The largest absolute Gasteiger partial charge is 0.496 e. The molecule has 0 fully saturated rings. The molecule has 0 atom stereocenters. The molecule has 0 heterocycles. The fraction of sp³-hybridized carbons (Fsp3) is 0.278. The number of carbonyl (C=O) groups is 1. The van der Waals surface area contributed by atoms with Gasteiger partial charge >= 0.3 is 6.18 Å². The Labute approximate surface area is 143 Å². The molecule has 0 saturated heterocycles. The number of ether oxygens (including phenoxy) is 1. The first-order chi connectivity index (χ1) is 11.9. The SMILES string of the molecule is COc1ccc(-c2cccc(C(=O)NCCCN)c2)cc1C(F)(F)F. The summed E-state index contributed by atoms with van der Waals surface area (Å²) < 4.78 is 44.3. The second kappa shape index (κ2) is 8.02. The molecule has 0 bridgehead atoms.